The van der Waals surface area contributed by atoms with Crippen LogP contribution in [0.1, 0.15) is 24.8 Å². The molecule has 6 nitrogen and oxygen atoms in total. The predicted octanol–water partition coefficient (Wildman–Crippen LogP) is 1.22. The average molecular weight is 365 g/mol. The Balaban J connectivity index is 1.71. The van der Waals surface area contributed by atoms with Crippen molar-refractivity contribution >= 4 is 15.9 Å². The van der Waals surface area contributed by atoms with Crippen LogP contribution in [0.15, 0.2) is 29.2 Å². The van der Waals surface area contributed by atoms with Crippen LogP contribution in [0.3, 0.4) is 0 Å². The van der Waals surface area contributed by atoms with Crippen LogP contribution in [0.25, 0.3) is 0 Å². The summed E-state index contributed by atoms with van der Waals surface area (Å²) in [6.45, 7) is 4.44. The molecular weight excluding hydrogens is 338 g/mol. The lowest BCUT2D eigenvalue weighted by molar-refractivity contribution is -0.137. The largest absolute Gasteiger partial charge is 0.341 e. The van der Waals surface area contributed by atoms with E-state index in [4.69, 9.17) is 0 Å². The Kier molecular flexibility index (Phi) is 5.46. The molecule has 2 saturated heterocycles. The van der Waals surface area contributed by atoms with Gasteiger partial charge in [-0.15, -0.1) is 0 Å². The third kappa shape index (κ3) is 3.88. The lowest BCUT2D eigenvalue weighted by atomic mass is 9.97. The van der Waals surface area contributed by atoms with E-state index in [1.165, 1.54) is 4.31 Å². The number of nitrogens with one attached hydrogen (secondary N) is 1. The molecule has 1 aromatic rings. The first kappa shape index (κ1) is 18.4. The van der Waals surface area contributed by atoms with Crippen LogP contribution in [-0.4, -0.2) is 62.8 Å². The van der Waals surface area contributed by atoms with Crippen LogP contribution >= 0.6 is 0 Å². The van der Waals surface area contributed by atoms with Crippen LogP contribution < -0.4 is 5.32 Å². The van der Waals surface area contributed by atoms with Crippen LogP contribution in [0.2, 0.25) is 0 Å². The van der Waals surface area contributed by atoms with Gasteiger partial charge in [-0.1, -0.05) is 17.7 Å². The second kappa shape index (κ2) is 7.43. The molecule has 2 aliphatic rings. The molecule has 0 aromatic heterocycles. The summed E-state index contributed by atoms with van der Waals surface area (Å²) in [6, 6.07) is 7.12. The molecule has 1 aromatic carbocycles. The van der Waals surface area contributed by atoms with E-state index in [1.54, 1.807) is 24.3 Å². The summed E-state index contributed by atoms with van der Waals surface area (Å²) >= 11 is 0. The van der Waals surface area contributed by atoms with Gasteiger partial charge in [0.15, 0.2) is 0 Å². The van der Waals surface area contributed by atoms with Crippen molar-refractivity contribution in [2.24, 2.45) is 5.92 Å². The lowest BCUT2D eigenvalue weighted by Gasteiger charge is -2.34. The summed E-state index contributed by atoms with van der Waals surface area (Å²) in [5, 5.41) is 3.27. The molecule has 0 radical (unpaired) electrons. The Morgan fingerprint density at radius 2 is 1.96 bits per heavy atom. The molecule has 2 aliphatic heterocycles. The molecule has 2 fully saturated rings. The fraction of sp³-hybridized carbons (Fsp3) is 0.611. The van der Waals surface area contributed by atoms with E-state index in [0.29, 0.717) is 11.4 Å². The van der Waals surface area contributed by atoms with Crippen molar-refractivity contribution in [3.63, 3.8) is 0 Å². The summed E-state index contributed by atoms with van der Waals surface area (Å²) in [5.74, 6) is -0.183. The molecule has 138 valence electrons. The monoisotopic (exact) mass is 365 g/mol. The molecule has 2 atom stereocenters. The second-order valence-corrected chi connectivity index (χ2v) is 9.05. The first-order valence-corrected chi connectivity index (χ1v) is 10.4. The number of carbonyl (C=O) groups excluding carboxylic acids is 1. The molecule has 2 unspecified atom stereocenters. The maximum atomic E-state index is 12.9. The molecule has 1 amide bonds. The highest BCUT2D eigenvalue weighted by Gasteiger charge is 2.36. The number of amides is 1. The van der Waals surface area contributed by atoms with E-state index in [2.05, 4.69) is 5.32 Å². The van der Waals surface area contributed by atoms with Crippen molar-refractivity contribution in [3.8, 4) is 0 Å². The van der Waals surface area contributed by atoms with Crippen molar-refractivity contribution < 1.29 is 13.2 Å². The zero-order chi connectivity index (χ0) is 18.0. The van der Waals surface area contributed by atoms with Crippen LogP contribution in [0.4, 0.5) is 0 Å². The SMILES string of the molecule is Cc1ccc(S(=O)(=O)N2CCCC(C(=O)N(C)C3CCNC3)C2)cc1. The van der Waals surface area contributed by atoms with Gasteiger partial charge in [0.25, 0.3) is 0 Å². The van der Waals surface area contributed by atoms with Gasteiger partial charge in [-0.05, 0) is 44.9 Å². The Labute approximate surface area is 150 Å². The number of nitrogens with zero attached hydrogens (tertiary/aromatic N) is 2. The van der Waals surface area contributed by atoms with Crippen molar-refractivity contribution in [1.82, 2.24) is 14.5 Å². The fourth-order valence-electron chi connectivity index (χ4n) is 3.66. The number of hydrogen-bond donors (Lipinski definition) is 1. The third-order valence-electron chi connectivity index (χ3n) is 5.32. The van der Waals surface area contributed by atoms with Gasteiger partial charge >= 0.3 is 0 Å². The van der Waals surface area contributed by atoms with E-state index in [-0.39, 0.29) is 24.4 Å². The van der Waals surface area contributed by atoms with E-state index >= 15 is 0 Å². The number of carbonyl (C=O) groups is 1. The summed E-state index contributed by atoms with van der Waals surface area (Å²) in [6.07, 6.45) is 2.43. The Hall–Kier alpha value is -1.44. The quantitative estimate of drug-likeness (QED) is 0.871. The zero-order valence-corrected chi connectivity index (χ0v) is 15.8. The molecule has 1 N–H and O–H groups in total. The second-order valence-electron chi connectivity index (χ2n) is 7.11. The topological polar surface area (TPSA) is 69.7 Å². The summed E-state index contributed by atoms with van der Waals surface area (Å²) in [5.41, 5.74) is 1.03. The number of rotatable bonds is 4. The van der Waals surface area contributed by atoms with Gasteiger partial charge in [0.05, 0.1) is 10.8 Å². The van der Waals surface area contributed by atoms with Gasteiger partial charge in [0.2, 0.25) is 15.9 Å². The van der Waals surface area contributed by atoms with Gasteiger partial charge in [0, 0.05) is 32.7 Å². The number of piperidine rings is 1. The minimum absolute atomic E-state index is 0.0671. The van der Waals surface area contributed by atoms with Crippen LogP contribution in [0, 0.1) is 12.8 Å². The molecular formula is C18H27N3O3S. The number of sulfonamides is 1. The van der Waals surface area contributed by atoms with E-state index in [9.17, 15) is 13.2 Å². The first-order valence-electron chi connectivity index (χ1n) is 8.94. The van der Waals surface area contributed by atoms with Crippen LogP contribution in [-0.2, 0) is 14.8 Å². The maximum Gasteiger partial charge on any atom is 0.243 e. The van der Waals surface area contributed by atoms with E-state index < -0.39 is 10.0 Å². The first-order chi connectivity index (χ1) is 11.9. The minimum Gasteiger partial charge on any atom is -0.341 e. The van der Waals surface area contributed by atoms with Crippen molar-refractivity contribution in [3.05, 3.63) is 29.8 Å². The number of benzene rings is 1. The summed E-state index contributed by atoms with van der Waals surface area (Å²) < 4.78 is 27.2. The van der Waals surface area contributed by atoms with E-state index in [1.807, 2.05) is 18.9 Å². The average Bonchev–Trinajstić information content (AvgIpc) is 3.15. The molecule has 0 saturated carbocycles. The highest BCUT2D eigenvalue weighted by molar-refractivity contribution is 7.89. The van der Waals surface area contributed by atoms with Crippen LogP contribution in [0.5, 0.6) is 0 Å². The molecule has 2 heterocycles. The molecule has 3 rings (SSSR count). The highest BCUT2D eigenvalue weighted by Crippen LogP contribution is 2.26. The van der Waals surface area contributed by atoms with Crippen molar-refractivity contribution in [1.29, 1.82) is 0 Å². The number of hydrogen-bond acceptors (Lipinski definition) is 4. The Morgan fingerprint density at radius 3 is 2.60 bits per heavy atom. The predicted molar refractivity (Wildman–Crippen MR) is 96.7 cm³/mol. The Bertz CT molecular complexity index is 712. The molecule has 7 heteroatoms. The summed E-state index contributed by atoms with van der Waals surface area (Å²) in [7, 11) is -1.70. The van der Waals surface area contributed by atoms with Gasteiger partial charge in [-0.3, -0.25) is 4.79 Å². The smallest absolute Gasteiger partial charge is 0.243 e. The highest BCUT2D eigenvalue weighted by atomic mass is 32.2. The van der Waals surface area contributed by atoms with Gasteiger partial charge in [-0.25, -0.2) is 8.42 Å². The third-order valence-corrected chi connectivity index (χ3v) is 7.20. The van der Waals surface area contributed by atoms with Crippen molar-refractivity contribution in [2.45, 2.75) is 37.1 Å². The van der Waals surface area contributed by atoms with Gasteiger partial charge in [-0.2, -0.15) is 4.31 Å². The maximum absolute atomic E-state index is 12.9. The number of likely N-dealkylation sites (N-methyl/N-ethyl adjacent to an activating group) is 1. The molecule has 25 heavy (non-hydrogen) atoms. The Morgan fingerprint density at radius 1 is 1.24 bits per heavy atom. The van der Waals surface area contributed by atoms with E-state index in [0.717, 1.165) is 37.9 Å². The molecule has 0 aliphatic carbocycles. The van der Waals surface area contributed by atoms with Gasteiger partial charge < -0.3 is 10.2 Å². The van der Waals surface area contributed by atoms with Crippen molar-refractivity contribution in [2.75, 3.05) is 33.2 Å². The summed E-state index contributed by atoms with van der Waals surface area (Å²) in [4.78, 5) is 14.9. The molecule has 0 spiro atoms. The zero-order valence-electron chi connectivity index (χ0n) is 14.9. The fourth-order valence-corrected chi connectivity index (χ4v) is 5.18. The lowest BCUT2D eigenvalue weighted by Crippen LogP contribution is -2.48. The molecule has 0 bridgehead atoms. The normalized spacial score (nSPS) is 25.0. The van der Waals surface area contributed by atoms with Gasteiger partial charge in [0.1, 0.15) is 0 Å². The minimum atomic E-state index is -3.54. The number of aryl methyl sites for hydroxylation is 1. The standard InChI is InChI=1S/C18H27N3O3S/c1-14-5-7-17(8-6-14)25(23,24)21-11-3-4-15(13-21)18(22)20(2)16-9-10-19-12-16/h5-8,15-16,19H,3-4,9-13H2,1-2H3.